The van der Waals surface area contributed by atoms with Gasteiger partial charge in [0.1, 0.15) is 18.2 Å². The van der Waals surface area contributed by atoms with Crippen LogP contribution < -0.4 is 15.7 Å². The van der Waals surface area contributed by atoms with E-state index in [0.29, 0.717) is 34.8 Å². The van der Waals surface area contributed by atoms with Crippen LogP contribution in [0.25, 0.3) is 22.6 Å². The fourth-order valence-electron chi connectivity index (χ4n) is 5.04. The second kappa shape index (κ2) is 6.84. The second-order valence-corrected chi connectivity index (χ2v) is 8.72. The highest BCUT2D eigenvalue weighted by atomic mass is 16.5. The van der Waals surface area contributed by atoms with E-state index in [1.807, 2.05) is 0 Å². The lowest BCUT2D eigenvalue weighted by Gasteiger charge is -2.31. The molecular formula is C22H22N6O3. The third-order valence-corrected chi connectivity index (χ3v) is 6.70. The van der Waals surface area contributed by atoms with Gasteiger partial charge in [0, 0.05) is 49.2 Å². The highest BCUT2D eigenvalue weighted by molar-refractivity contribution is 5.71. The number of fused-ring (bicyclic) bond motifs is 5. The molecule has 31 heavy (non-hydrogen) atoms. The number of benzene rings is 1. The molecule has 9 nitrogen and oxygen atoms in total. The zero-order valence-electron chi connectivity index (χ0n) is 17.0. The van der Waals surface area contributed by atoms with Crippen LogP contribution in [0.3, 0.4) is 0 Å². The molecule has 1 aromatic carbocycles. The molecule has 1 unspecified atom stereocenters. The minimum absolute atomic E-state index is 0.0129. The van der Waals surface area contributed by atoms with E-state index >= 15 is 0 Å². The van der Waals surface area contributed by atoms with Crippen molar-refractivity contribution in [3.05, 3.63) is 47.1 Å². The Morgan fingerprint density at radius 1 is 1.10 bits per heavy atom. The molecule has 2 saturated heterocycles. The largest absolute Gasteiger partial charge is 0.507 e. The number of aromatic nitrogens is 5. The quantitative estimate of drug-likeness (QED) is 0.655. The lowest BCUT2D eigenvalue weighted by Crippen LogP contribution is -2.45. The van der Waals surface area contributed by atoms with Crippen molar-refractivity contribution in [1.29, 1.82) is 0 Å². The summed E-state index contributed by atoms with van der Waals surface area (Å²) in [6.07, 6.45) is 4.99. The van der Waals surface area contributed by atoms with Crippen LogP contribution >= 0.6 is 0 Å². The standard InChI is InChI=1S/C22H22N6O3/c1-28-10-23-21(25-22(28)30)11-2-3-13(19(29)6-11)16-4-5-20(27-26-16)31-12-7-17-14-9-15(14)18(8-12)24-17/h2-6,10,12,14-15,17-18,24,29H,7-9H2,1H3/t12?,14-,15+,17+,18-. The van der Waals surface area contributed by atoms with Gasteiger partial charge in [0.2, 0.25) is 5.88 Å². The number of aromatic hydroxyl groups is 1. The minimum Gasteiger partial charge on any atom is -0.507 e. The number of aryl methyl sites for hydroxylation is 1. The van der Waals surface area contributed by atoms with Crippen molar-refractivity contribution in [1.82, 2.24) is 30.0 Å². The average Bonchev–Trinajstić information content (AvgIpc) is 3.53. The van der Waals surface area contributed by atoms with E-state index in [2.05, 4.69) is 25.5 Å². The van der Waals surface area contributed by atoms with E-state index in [-0.39, 0.29) is 17.7 Å². The van der Waals surface area contributed by atoms with E-state index in [1.165, 1.54) is 23.4 Å². The summed E-state index contributed by atoms with van der Waals surface area (Å²) in [5.41, 5.74) is 1.21. The highest BCUT2D eigenvalue weighted by Gasteiger charge is 2.57. The average molecular weight is 418 g/mol. The maximum absolute atomic E-state index is 11.7. The molecular weight excluding hydrogens is 396 g/mol. The van der Waals surface area contributed by atoms with Gasteiger partial charge in [-0.3, -0.25) is 4.57 Å². The molecule has 2 aliphatic heterocycles. The van der Waals surface area contributed by atoms with Gasteiger partial charge in [-0.1, -0.05) is 6.07 Å². The summed E-state index contributed by atoms with van der Waals surface area (Å²) in [6.45, 7) is 0. The first-order chi connectivity index (χ1) is 15.0. The Hall–Kier alpha value is -3.33. The Balaban J connectivity index is 1.18. The van der Waals surface area contributed by atoms with Crippen molar-refractivity contribution in [3.63, 3.8) is 0 Å². The van der Waals surface area contributed by atoms with Gasteiger partial charge in [-0.05, 0) is 36.5 Å². The summed E-state index contributed by atoms with van der Waals surface area (Å²) >= 11 is 0. The van der Waals surface area contributed by atoms with Gasteiger partial charge in [0.25, 0.3) is 0 Å². The maximum atomic E-state index is 11.7. The monoisotopic (exact) mass is 418 g/mol. The summed E-state index contributed by atoms with van der Waals surface area (Å²) in [7, 11) is 1.58. The molecule has 5 atom stereocenters. The first-order valence-corrected chi connectivity index (χ1v) is 10.5. The zero-order valence-corrected chi connectivity index (χ0v) is 17.0. The summed E-state index contributed by atoms with van der Waals surface area (Å²) in [5, 5.41) is 22.7. The van der Waals surface area contributed by atoms with Crippen LogP contribution in [0.4, 0.5) is 0 Å². The molecule has 2 N–H and O–H groups in total. The third kappa shape index (κ3) is 3.25. The Labute approximate surface area is 178 Å². The molecule has 1 aliphatic carbocycles. The van der Waals surface area contributed by atoms with Crippen LogP contribution in [0.2, 0.25) is 0 Å². The molecule has 4 heterocycles. The van der Waals surface area contributed by atoms with E-state index < -0.39 is 5.69 Å². The Morgan fingerprint density at radius 3 is 2.58 bits per heavy atom. The van der Waals surface area contributed by atoms with Gasteiger partial charge in [0.15, 0.2) is 5.82 Å². The smallest absolute Gasteiger partial charge is 0.350 e. The van der Waals surface area contributed by atoms with Crippen LogP contribution in [0.5, 0.6) is 11.6 Å². The second-order valence-electron chi connectivity index (χ2n) is 8.72. The van der Waals surface area contributed by atoms with Crippen molar-refractivity contribution >= 4 is 0 Å². The first kappa shape index (κ1) is 18.4. The van der Waals surface area contributed by atoms with E-state index in [4.69, 9.17) is 4.74 Å². The summed E-state index contributed by atoms with van der Waals surface area (Å²) in [6, 6.07) is 9.74. The Bertz CT molecular complexity index is 1190. The van der Waals surface area contributed by atoms with Gasteiger partial charge in [-0.25, -0.2) is 9.78 Å². The van der Waals surface area contributed by atoms with Crippen LogP contribution in [-0.4, -0.2) is 48.0 Å². The minimum atomic E-state index is -0.409. The molecule has 3 aliphatic rings. The molecule has 9 heteroatoms. The Kier molecular flexibility index (Phi) is 4.07. The van der Waals surface area contributed by atoms with Crippen molar-refractivity contribution in [2.75, 3.05) is 0 Å². The number of ether oxygens (including phenoxy) is 1. The van der Waals surface area contributed by atoms with Crippen molar-refractivity contribution in [3.8, 4) is 34.3 Å². The topological polar surface area (TPSA) is 115 Å². The number of piperidine rings is 2. The molecule has 3 fully saturated rings. The molecule has 6 rings (SSSR count). The molecule has 0 spiro atoms. The number of nitrogens with one attached hydrogen (secondary N) is 1. The molecule has 1 saturated carbocycles. The fraction of sp³-hybridized carbons (Fsp3) is 0.409. The number of phenolic OH excluding ortho intramolecular Hbond substituents is 1. The van der Waals surface area contributed by atoms with Gasteiger partial charge in [-0.15, -0.1) is 10.2 Å². The fourth-order valence-corrected chi connectivity index (χ4v) is 5.04. The lowest BCUT2D eigenvalue weighted by molar-refractivity contribution is 0.119. The highest BCUT2D eigenvalue weighted by Crippen LogP contribution is 2.53. The van der Waals surface area contributed by atoms with Crippen LogP contribution in [0.15, 0.2) is 41.5 Å². The molecule has 0 amide bonds. The summed E-state index contributed by atoms with van der Waals surface area (Å²) < 4.78 is 7.39. The number of phenols is 1. The normalized spacial score (nSPS) is 28.2. The number of hydrogen-bond acceptors (Lipinski definition) is 8. The van der Waals surface area contributed by atoms with Crippen molar-refractivity contribution in [2.45, 2.75) is 37.5 Å². The predicted molar refractivity (Wildman–Crippen MR) is 111 cm³/mol. The molecule has 2 bridgehead atoms. The maximum Gasteiger partial charge on any atom is 0.350 e. The molecule has 158 valence electrons. The van der Waals surface area contributed by atoms with Crippen molar-refractivity contribution < 1.29 is 9.84 Å². The van der Waals surface area contributed by atoms with E-state index in [0.717, 1.165) is 24.7 Å². The molecule has 2 aromatic heterocycles. The Morgan fingerprint density at radius 2 is 1.90 bits per heavy atom. The number of rotatable bonds is 4. The SMILES string of the molecule is Cn1cnc(-c2ccc(-c3ccc(OC4C[C@@H]5N[C@H](C4)[C@H]4C[C@H]45)nn3)c(O)c2)nc1=O. The van der Waals surface area contributed by atoms with Gasteiger partial charge in [0.05, 0.1) is 5.69 Å². The summed E-state index contributed by atoms with van der Waals surface area (Å²) in [5.74, 6) is 2.48. The van der Waals surface area contributed by atoms with Crippen LogP contribution in [0.1, 0.15) is 19.3 Å². The first-order valence-electron chi connectivity index (χ1n) is 10.5. The van der Waals surface area contributed by atoms with Gasteiger partial charge < -0.3 is 15.2 Å². The molecule has 3 aromatic rings. The van der Waals surface area contributed by atoms with E-state index in [9.17, 15) is 9.90 Å². The zero-order chi connectivity index (χ0) is 21.1. The van der Waals surface area contributed by atoms with Gasteiger partial charge in [-0.2, -0.15) is 4.98 Å². The number of hydrogen-bond donors (Lipinski definition) is 2. The number of nitrogens with zero attached hydrogens (tertiary/aromatic N) is 5. The van der Waals surface area contributed by atoms with Crippen LogP contribution in [-0.2, 0) is 7.05 Å². The van der Waals surface area contributed by atoms with Crippen LogP contribution in [0, 0.1) is 11.8 Å². The lowest BCUT2D eigenvalue weighted by atomic mass is 9.98. The predicted octanol–water partition coefficient (Wildman–Crippen LogP) is 1.52. The molecule has 0 radical (unpaired) electrons. The van der Waals surface area contributed by atoms with Gasteiger partial charge >= 0.3 is 5.69 Å². The van der Waals surface area contributed by atoms with E-state index in [1.54, 1.807) is 31.3 Å². The third-order valence-electron chi connectivity index (χ3n) is 6.70. The van der Waals surface area contributed by atoms with Crippen molar-refractivity contribution in [2.24, 2.45) is 18.9 Å². The summed E-state index contributed by atoms with van der Waals surface area (Å²) in [4.78, 5) is 19.8.